The number of aliphatic carboxylic acids is 2. The van der Waals surface area contributed by atoms with Crippen LogP contribution in [-0.2, 0) is 16.2 Å². The summed E-state index contributed by atoms with van der Waals surface area (Å²) in [6.45, 7) is -0.180. The lowest BCUT2D eigenvalue weighted by Gasteiger charge is -1.88. The van der Waals surface area contributed by atoms with Crippen molar-refractivity contribution in [1.82, 2.24) is 0 Å². The zero-order valence-corrected chi connectivity index (χ0v) is 12.7. The summed E-state index contributed by atoms with van der Waals surface area (Å²) < 4.78 is 14.7. The number of carboxylic acid groups (broad SMARTS) is 2. The Balaban J connectivity index is 0.000000240. The predicted octanol–water partition coefficient (Wildman–Crippen LogP) is 2.26. The number of methoxy groups -OCH3 is 1. The van der Waals surface area contributed by atoms with Gasteiger partial charge in [-0.2, -0.15) is 0 Å². The first-order valence-corrected chi connectivity index (χ1v) is 6.60. The van der Waals surface area contributed by atoms with E-state index in [-0.39, 0.29) is 6.61 Å². The molecule has 0 radical (unpaired) electrons. The predicted molar refractivity (Wildman–Crippen MR) is 83.2 cm³/mol. The maximum Gasteiger partial charge on any atom is 0.328 e. The highest BCUT2D eigenvalue weighted by atomic mass is 16.6. The van der Waals surface area contributed by atoms with Gasteiger partial charge in [0.25, 0.3) is 5.95 Å². The number of aliphatic hydroxyl groups is 1. The highest BCUT2D eigenvalue weighted by Crippen LogP contribution is 2.15. The van der Waals surface area contributed by atoms with Gasteiger partial charge >= 0.3 is 11.9 Å². The Hall–Kier alpha value is -3.26. The van der Waals surface area contributed by atoms with Gasteiger partial charge in [0.1, 0.15) is 23.9 Å². The summed E-state index contributed by atoms with van der Waals surface area (Å²) in [5.74, 6) is -0.391. The molecule has 0 saturated carbocycles. The lowest BCUT2D eigenvalue weighted by Crippen LogP contribution is -1.84. The molecule has 0 fully saturated rings. The number of rotatable bonds is 6. The molecule has 0 unspecified atom stereocenters. The average Bonchev–Trinajstić information content (AvgIpc) is 3.20. The molecule has 2 heterocycles. The maximum absolute atomic E-state index is 10.1. The third-order valence-corrected chi connectivity index (χ3v) is 2.42. The molecule has 0 aliphatic carbocycles. The van der Waals surface area contributed by atoms with Crippen molar-refractivity contribution in [1.29, 1.82) is 0 Å². The van der Waals surface area contributed by atoms with E-state index in [1.165, 1.54) is 19.3 Å². The van der Waals surface area contributed by atoms with Crippen molar-refractivity contribution in [2.75, 3.05) is 7.11 Å². The topological polar surface area (TPSA) is 130 Å². The van der Waals surface area contributed by atoms with E-state index in [9.17, 15) is 9.59 Å². The molecule has 8 nitrogen and oxygen atoms in total. The zero-order valence-electron chi connectivity index (χ0n) is 12.7. The number of hydrogen-bond donors (Lipinski definition) is 3. The Bertz CT molecular complexity index is 658. The normalized spacial score (nSPS) is 10.6. The second-order valence-electron chi connectivity index (χ2n) is 4.17. The molecule has 0 saturated heterocycles. The van der Waals surface area contributed by atoms with Crippen molar-refractivity contribution in [3.63, 3.8) is 0 Å². The first kappa shape index (κ1) is 18.8. The second kappa shape index (κ2) is 9.70. The van der Waals surface area contributed by atoms with Crippen molar-refractivity contribution < 1.29 is 38.5 Å². The average molecular weight is 336 g/mol. The molecule has 8 heteroatoms. The van der Waals surface area contributed by atoms with Gasteiger partial charge in [-0.3, -0.25) is 0 Å². The molecular weight excluding hydrogens is 320 g/mol. The number of aliphatic hydroxyl groups excluding tert-OH is 1. The third kappa shape index (κ3) is 7.14. The summed E-state index contributed by atoms with van der Waals surface area (Å²) in [6, 6.07) is 6.41. The van der Waals surface area contributed by atoms with Gasteiger partial charge in [0.2, 0.25) is 0 Å². The van der Waals surface area contributed by atoms with E-state index in [0.29, 0.717) is 23.2 Å². The molecule has 2 aromatic heterocycles. The first-order valence-electron chi connectivity index (χ1n) is 6.60. The highest BCUT2D eigenvalue weighted by molar-refractivity contribution is 5.85. The Labute approximate surface area is 136 Å². The van der Waals surface area contributed by atoms with Crippen LogP contribution in [0.1, 0.15) is 17.3 Å². The molecule has 2 rings (SSSR count). The van der Waals surface area contributed by atoms with Crippen LogP contribution in [-0.4, -0.2) is 34.4 Å². The van der Waals surface area contributed by atoms with Crippen molar-refractivity contribution in [3.05, 3.63) is 53.7 Å². The number of carboxylic acids is 2. The van der Waals surface area contributed by atoms with Gasteiger partial charge in [0.05, 0.1) is 7.11 Å². The lowest BCUT2D eigenvalue weighted by molar-refractivity contribution is -0.132. The summed E-state index contributed by atoms with van der Waals surface area (Å²) in [5, 5.41) is 25.1. The van der Waals surface area contributed by atoms with Crippen LogP contribution in [0, 0.1) is 0 Å². The number of ether oxygens (including phenoxy) is 1. The number of carbonyl (C=O) groups is 2. The quantitative estimate of drug-likeness (QED) is 0.685. The van der Waals surface area contributed by atoms with Gasteiger partial charge in [-0.05, 0) is 30.4 Å². The zero-order chi connectivity index (χ0) is 17.9. The molecule has 0 aromatic carbocycles. The molecule has 0 spiro atoms. The van der Waals surface area contributed by atoms with E-state index in [4.69, 9.17) is 28.9 Å². The van der Waals surface area contributed by atoms with Crippen LogP contribution in [0.5, 0.6) is 5.95 Å². The van der Waals surface area contributed by atoms with Crippen LogP contribution in [0.25, 0.3) is 12.2 Å². The van der Waals surface area contributed by atoms with E-state index < -0.39 is 11.9 Å². The minimum Gasteiger partial charge on any atom is -0.478 e. The maximum atomic E-state index is 10.1. The van der Waals surface area contributed by atoms with Gasteiger partial charge in [0, 0.05) is 18.2 Å². The molecule has 2 aromatic rings. The molecule has 0 bridgehead atoms. The fraction of sp³-hybridized carbons (Fsp3) is 0.125. The van der Waals surface area contributed by atoms with Crippen molar-refractivity contribution in [2.24, 2.45) is 0 Å². The largest absolute Gasteiger partial charge is 0.478 e. The monoisotopic (exact) mass is 336 g/mol. The summed E-state index contributed by atoms with van der Waals surface area (Å²) in [7, 11) is 1.48. The standard InChI is InChI=1S/2C8H8O4/c1-11-8-5-3-6(12-8)2-4-7(9)10;9-5-7-2-1-6(12-7)3-4-8(10)11/h2-5H,1H3,(H,9,10);1-4,9H,5H2,(H,10,11)/b4-2+;4-3+. The van der Waals surface area contributed by atoms with Gasteiger partial charge in [0.15, 0.2) is 0 Å². The smallest absolute Gasteiger partial charge is 0.328 e. The first-order chi connectivity index (χ1) is 11.4. The van der Waals surface area contributed by atoms with Crippen LogP contribution in [0.15, 0.2) is 45.3 Å². The van der Waals surface area contributed by atoms with Crippen LogP contribution in [0.2, 0.25) is 0 Å². The SMILES string of the molecule is COc1ccc(/C=C/C(=O)O)o1.O=C(O)/C=C/c1ccc(CO)o1. The lowest BCUT2D eigenvalue weighted by atomic mass is 10.4. The Morgan fingerprint density at radius 2 is 1.54 bits per heavy atom. The summed E-state index contributed by atoms with van der Waals surface area (Å²) in [4.78, 5) is 20.2. The van der Waals surface area contributed by atoms with Gasteiger partial charge in [-0.25, -0.2) is 9.59 Å². The van der Waals surface area contributed by atoms with E-state index in [0.717, 1.165) is 12.2 Å². The van der Waals surface area contributed by atoms with E-state index >= 15 is 0 Å². The van der Waals surface area contributed by atoms with Crippen molar-refractivity contribution in [2.45, 2.75) is 6.61 Å². The van der Waals surface area contributed by atoms with Crippen LogP contribution in [0.4, 0.5) is 0 Å². The Morgan fingerprint density at radius 1 is 1.00 bits per heavy atom. The van der Waals surface area contributed by atoms with Crippen molar-refractivity contribution in [3.8, 4) is 5.95 Å². The second-order valence-corrected chi connectivity index (χ2v) is 4.17. The highest BCUT2D eigenvalue weighted by Gasteiger charge is 1.98. The van der Waals surface area contributed by atoms with Gasteiger partial charge < -0.3 is 28.9 Å². The number of furan rings is 2. The van der Waals surface area contributed by atoms with E-state index in [1.807, 2.05) is 0 Å². The third-order valence-electron chi connectivity index (χ3n) is 2.42. The van der Waals surface area contributed by atoms with Crippen LogP contribution < -0.4 is 4.74 Å². The Kier molecular flexibility index (Phi) is 7.59. The molecule has 24 heavy (non-hydrogen) atoms. The summed E-state index contributed by atoms with van der Waals surface area (Å²) >= 11 is 0. The molecule has 128 valence electrons. The van der Waals surface area contributed by atoms with Gasteiger partial charge in [-0.15, -0.1) is 0 Å². The molecule has 0 amide bonds. The summed E-state index contributed by atoms with van der Waals surface area (Å²) in [5.41, 5.74) is 0. The van der Waals surface area contributed by atoms with Gasteiger partial charge in [-0.1, -0.05) is 0 Å². The molecule has 0 aliphatic rings. The van der Waals surface area contributed by atoms with Crippen LogP contribution >= 0.6 is 0 Å². The minimum atomic E-state index is -1.03. The molecule has 0 atom stereocenters. The molecule has 3 N–H and O–H groups in total. The van der Waals surface area contributed by atoms with E-state index in [1.54, 1.807) is 24.3 Å². The fourth-order valence-corrected chi connectivity index (χ4v) is 1.41. The van der Waals surface area contributed by atoms with Crippen molar-refractivity contribution >= 4 is 24.1 Å². The summed E-state index contributed by atoms with van der Waals surface area (Å²) in [6.07, 6.45) is 4.64. The molecule has 0 aliphatic heterocycles. The fourth-order valence-electron chi connectivity index (χ4n) is 1.41. The Morgan fingerprint density at radius 3 is 1.96 bits per heavy atom. The minimum absolute atomic E-state index is 0.180. The van der Waals surface area contributed by atoms with Crippen LogP contribution in [0.3, 0.4) is 0 Å². The molecular formula is C16H16O8. The number of hydrogen-bond acceptors (Lipinski definition) is 6. The van der Waals surface area contributed by atoms with E-state index in [2.05, 4.69) is 0 Å².